The molecule has 1 fully saturated rings. The molecule has 0 spiro atoms. The molecule has 4 atom stereocenters. The minimum atomic E-state index is -1.32. The Kier molecular flexibility index (Phi) is 7.81. The third-order valence-electron chi connectivity index (χ3n) is 7.10. The number of ether oxygens (including phenoxy) is 4. The molecule has 5 rings (SSSR count). The van der Waals surface area contributed by atoms with E-state index in [1.54, 1.807) is 14.2 Å². The van der Waals surface area contributed by atoms with Gasteiger partial charge in [0, 0.05) is 0 Å². The molecule has 0 amide bonds. The van der Waals surface area contributed by atoms with Gasteiger partial charge in [-0.1, -0.05) is 54.6 Å². The van der Waals surface area contributed by atoms with Gasteiger partial charge in [0.2, 0.25) is 0 Å². The van der Waals surface area contributed by atoms with Crippen LogP contribution in [0, 0.1) is 0 Å². The Hall–Kier alpha value is -4.29. The highest BCUT2D eigenvalue weighted by atomic mass is 16.6. The number of nitrogens with two attached hydrogens (primary N) is 1. The minimum Gasteiger partial charge on any atom is -0.497 e. The fraction of sp³-hybridized carbons (Fsp3) is 0.276. The molecule has 4 aromatic rings. The van der Waals surface area contributed by atoms with E-state index in [9.17, 15) is 15.0 Å². The van der Waals surface area contributed by atoms with Crippen molar-refractivity contribution in [2.45, 2.75) is 30.1 Å². The van der Waals surface area contributed by atoms with Crippen molar-refractivity contribution in [1.29, 1.82) is 0 Å². The molecule has 40 heavy (non-hydrogen) atoms. The fourth-order valence-electron chi connectivity index (χ4n) is 4.91. The quantitative estimate of drug-likeness (QED) is 0.163. The average Bonchev–Trinajstić information content (AvgIpc) is 3.46. The maximum atomic E-state index is 11.7. The molecule has 0 aliphatic carbocycles. The van der Waals surface area contributed by atoms with Gasteiger partial charge in [0.25, 0.3) is 5.56 Å². The number of hydrogen-bond donors (Lipinski definition) is 6. The number of aromatic nitrogens is 2. The van der Waals surface area contributed by atoms with E-state index in [0.29, 0.717) is 11.5 Å². The number of rotatable bonds is 10. The smallest absolute Gasteiger partial charge is 0.289 e. The van der Waals surface area contributed by atoms with Gasteiger partial charge in [0.1, 0.15) is 46.9 Å². The van der Waals surface area contributed by atoms with E-state index < -0.39 is 35.7 Å². The SMILES string of the molecule is COc1ccc(C(OC[C@H]2O[C@@H](Nc3[nH][nH]c(=O)c3N)[C@@H](O)C2O)(c2ccccc2)c2ccc(OC)cc2)cc1. The van der Waals surface area contributed by atoms with Gasteiger partial charge in [0.05, 0.1) is 20.8 Å². The number of methoxy groups -OCH3 is 2. The molecular formula is C29H32N4O7. The Bertz CT molecular complexity index is 1410. The van der Waals surface area contributed by atoms with Gasteiger partial charge in [-0.15, -0.1) is 0 Å². The van der Waals surface area contributed by atoms with E-state index in [0.717, 1.165) is 16.7 Å². The number of nitrogens with one attached hydrogen (secondary N) is 3. The molecule has 3 aromatic carbocycles. The van der Waals surface area contributed by atoms with Crippen LogP contribution in [-0.2, 0) is 15.1 Å². The molecule has 1 saturated heterocycles. The van der Waals surface area contributed by atoms with Crippen LogP contribution in [0.5, 0.6) is 11.5 Å². The van der Waals surface area contributed by atoms with Gasteiger partial charge in [-0.25, -0.2) is 0 Å². The summed E-state index contributed by atoms with van der Waals surface area (Å²) in [6.07, 6.45) is -4.58. The number of aliphatic hydroxyl groups excluding tert-OH is 2. The maximum Gasteiger partial charge on any atom is 0.289 e. The highest BCUT2D eigenvalue weighted by molar-refractivity contribution is 5.59. The summed E-state index contributed by atoms with van der Waals surface area (Å²) in [7, 11) is 3.20. The van der Waals surface area contributed by atoms with E-state index in [1.807, 2.05) is 78.9 Å². The second-order valence-corrected chi connectivity index (χ2v) is 9.40. The summed E-state index contributed by atoms with van der Waals surface area (Å²) in [5.74, 6) is 1.53. The lowest BCUT2D eigenvalue weighted by Gasteiger charge is -2.37. The van der Waals surface area contributed by atoms with Crippen molar-refractivity contribution in [2.24, 2.45) is 0 Å². The Morgan fingerprint density at radius 1 is 0.850 bits per heavy atom. The first kappa shape index (κ1) is 27.3. The standard InChI is InChI=1S/C29H32N4O7/c1-37-20-12-8-18(9-13-20)29(17-6-4-3-5-7-17,19-10-14-21(38-2)15-11-19)39-16-22-24(34)25(35)28(40-22)31-26-23(30)27(36)33-32-26/h3-15,22,24-25,28,34-35H,16,30H2,1-2H3,(H3,31,32,33,36)/t22-,24?,25+,28-/m1/s1. The molecule has 1 aliphatic heterocycles. The van der Waals surface area contributed by atoms with Crippen molar-refractivity contribution in [2.75, 3.05) is 31.9 Å². The fourth-order valence-corrected chi connectivity index (χ4v) is 4.91. The van der Waals surface area contributed by atoms with Gasteiger partial charge >= 0.3 is 0 Å². The molecule has 2 heterocycles. The molecule has 0 radical (unpaired) electrons. The van der Waals surface area contributed by atoms with Crippen LogP contribution < -0.4 is 26.1 Å². The van der Waals surface area contributed by atoms with Crippen LogP contribution in [0.2, 0.25) is 0 Å². The third-order valence-corrected chi connectivity index (χ3v) is 7.10. The van der Waals surface area contributed by atoms with Crippen molar-refractivity contribution in [1.82, 2.24) is 10.2 Å². The predicted molar refractivity (Wildman–Crippen MR) is 148 cm³/mol. The average molecular weight is 549 g/mol. The lowest BCUT2D eigenvalue weighted by Crippen LogP contribution is -2.40. The summed E-state index contributed by atoms with van der Waals surface area (Å²) in [6, 6.07) is 24.8. The molecule has 1 aromatic heterocycles. The van der Waals surface area contributed by atoms with Gasteiger partial charge in [-0.05, 0) is 41.0 Å². The van der Waals surface area contributed by atoms with Crippen LogP contribution in [-0.4, -0.2) is 65.8 Å². The molecule has 0 saturated carbocycles. The first-order chi connectivity index (χ1) is 19.4. The van der Waals surface area contributed by atoms with E-state index in [1.165, 1.54) is 0 Å². The number of anilines is 2. The van der Waals surface area contributed by atoms with E-state index in [-0.39, 0.29) is 18.1 Å². The summed E-state index contributed by atoms with van der Waals surface area (Å²) >= 11 is 0. The molecule has 11 heteroatoms. The lowest BCUT2D eigenvalue weighted by molar-refractivity contribution is -0.0793. The second-order valence-electron chi connectivity index (χ2n) is 9.40. The largest absolute Gasteiger partial charge is 0.497 e. The van der Waals surface area contributed by atoms with E-state index in [2.05, 4.69) is 15.5 Å². The zero-order valence-electron chi connectivity index (χ0n) is 22.0. The Morgan fingerprint density at radius 2 is 1.40 bits per heavy atom. The van der Waals surface area contributed by atoms with E-state index in [4.69, 9.17) is 24.7 Å². The van der Waals surface area contributed by atoms with Gasteiger partial charge in [-0.3, -0.25) is 15.0 Å². The molecule has 1 aliphatic rings. The third kappa shape index (κ3) is 5.03. The number of H-pyrrole nitrogens is 2. The highest BCUT2D eigenvalue weighted by Crippen LogP contribution is 2.42. The number of aliphatic hydroxyl groups is 2. The van der Waals surface area contributed by atoms with Crippen LogP contribution in [0.4, 0.5) is 11.5 Å². The van der Waals surface area contributed by atoms with Crippen LogP contribution in [0.3, 0.4) is 0 Å². The minimum absolute atomic E-state index is 0.0907. The summed E-state index contributed by atoms with van der Waals surface area (Å²) < 4.78 is 23.5. The number of aromatic amines is 2. The van der Waals surface area contributed by atoms with Gasteiger partial charge in [-0.2, -0.15) is 0 Å². The maximum absolute atomic E-state index is 11.7. The Labute approximate surface area is 230 Å². The first-order valence-corrected chi connectivity index (χ1v) is 12.7. The summed E-state index contributed by atoms with van der Waals surface area (Å²) in [6.45, 7) is -0.0947. The Morgan fingerprint density at radius 3 is 1.90 bits per heavy atom. The lowest BCUT2D eigenvalue weighted by atomic mass is 9.80. The van der Waals surface area contributed by atoms with E-state index >= 15 is 0 Å². The molecule has 7 N–H and O–H groups in total. The molecule has 0 bridgehead atoms. The van der Waals surface area contributed by atoms with Crippen LogP contribution in [0.1, 0.15) is 16.7 Å². The highest BCUT2D eigenvalue weighted by Gasteiger charge is 2.46. The van der Waals surface area contributed by atoms with Gasteiger partial charge < -0.3 is 40.2 Å². The molecule has 210 valence electrons. The monoisotopic (exact) mass is 548 g/mol. The summed E-state index contributed by atoms with van der Waals surface area (Å²) in [4.78, 5) is 11.7. The van der Waals surface area contributed by atoms with Crippen LogP contribution in [0.25, 0.3) is 0 Å². The second kappa shape index (κ2) is 11.4. The van der Waals surface area contributed by atoms with Crippen molar-refractivity contribution in [3.8, 4) is 11.5 Å². The van der Waals surface area contributed by atoms with Crippen molar-refractivity contribution in [3.05, 3.63) is 106 Å². The topological polar surface area (TPSA) is 164 Å². The number of nitrogen functional groups attached to an aromatic ring is 1. The first-order valence-electron chi connectivity index (χ1n) is 12.7. The molecule has 11 nitrogen and oxygen atoms in total. The van der Waals surface area contributed by atoms with Gasteiger partial charge in [0.15, 0.2) is 6.23 Å². The zero-order chi connectivity index (χ0) is 28.3. The van der Waals surface area contributed by atoms with Crippen LogP contribution in [0.15, 0.2) is 83.7 Å². The summed E-state index contributed by atoms with van der Waals surface area (Å²) in [5, 5.41) is 29.4. The van der Waals surface area contributed by atoms with Crippen LogP contribution >= 0.6 is 0 Å². The van der Waals surface area contributed by atoms with Crippen molar-refractivity contribution < 1.29 is 29.2 Å². The Balaban J connectivity index is 1.51. The molecular weight excluding hydrogens is 516 g/mol. The normalized spacial score (nSPS) is 20.8. The summed E-state index contributed by atoms with van der Waals surface area (Å²) in [5.41, 5.74) is 6.49. The predicted octanol–water partition coefficient (Wildman–Crippen LogP) is 2.17. The molecule has 1 unspecified atom stereocenters. The number of benzene rings is 3. The van der Waals surface area contributed by atoms with Crippen molar-refractivity contribution >= 4 is 11.5 Å². The van der Waals surface area contributed by atoms with Crippen molar-refractivity contribution in [3.63, 3.8) is 0 Å². The number of hydrogen-bond acceptors (Lipinski definition) is 9. The zero-order valence-corrected chi connectivity index (χ0v) is 22.0.